The van der Waals surface area contributed by atoms with Crippen molar-refractivity contribution in [3.63, 3.8) is 0 Å². The minimum absolute atomic E-state index is 0. The molecule has 0 unspecified atom stereocenters. The van der Waals surface area contributed by atoms with Gasteiger partial charge in [0.1, 0.15) is 0 Å². The summed E-state index contributed by atoms with van der Waals surface area (Å²) in [6, 6.07) is 2.79. The molecule has 0 bridgehead atoms. The quantitative estimate of drug-likeness (QED) is 0.687. The summed E-state index contributed by atoms with van der Waals surface area (Å²) >= 11 is 1.78. The van der Waals surface area contributed by atoms with Crippen LogP contribution in [0, 0.1) is 0 Å². The largest absolute Gasteiger partial charge is 0.300 e. The normalized spacial score (nSPS) is 13.6. The van der Waals surface area contributed by atoms with Gasteiger partial charge in [0, 0.05) is 44.6 Å². The Morgan fingerprint density at radius 2 is 2.00 bits per heavy atom. The Labute approximate surface area is 174 Å². The van der Waals surface area contributed by atoms with E-state index in [1.54, 1.807) is 11.3 Å². The second-order valence-electron chi connectivity index (χ2n) is 6.54. The van der Waals surface area contributed by atoms with Gasteiger partial charge < -0.3 is 0 Å². The molecule has 25 heavy (non-hydrogen) atoms. The van der Waals surface area contributed by atoms with E-state index in [0.29, 0.717) is 6.04 Å². The fourth-order valence-electron chi connectivity index (χ4n) is 2.99. The Balaban J connectivity index is 0.00000192. The Kier molecular flexibility index (Phi) is 11.2. The molecular weight excluding hydrogens is 397 g/mol. The number of rotatable bonds is 5. The average Bonchev–Trinajstić information content (AvgIpc) is 3.00. The minimum atomic E-state index is 0. The minimum Gasteiger partial charge on any atom is -0.300 e. The smallest absolute Gasteiger partial charge is 0.0315 e. The Morgan fingerprint density at radius 3 is 2.64 bits per heavy atom. The second kappa shape index (κ2) is 11.4. The van der Waals surface area contributed by atoms with E-state index in [-0.39, 0.29) is 37.2 Å². The van der Waals surface area contributed by atoms with E-state index in [9.17, 15) is 0 Å². The van der Waals surface area contributed by atoms with Crippen molar-refractivity contribution in [1.29, 1.82) is 0 Å². The predicted octanol–water partition coefficient (Wildman–Crippen LogP) is 4.81. The molecule has 0 saturated heterocycles. The van der Waals surface area contributed by atoms with Gasteiger partial charge in [0.15, 0.2) is 0 Å². The van der Waals surface area contributed by atoms with E-state index in [2.05, 4.69) is 64.9 Å². The lowest BCUT2D eigenvalue weighted by atomic mass is 9.96. The van der Waals surface area contributed by atoms with E-state index in [4.69, 9.17) is 0 Å². The van der Waals surface area contributed by atoms with Crippen molar-refractivity contribution in [2.75, 3.05) is 13.6 Å². The molecule has 0 amide bonds. The molecule has 3 rings (SSSR count). The van der Waals surface area contributed by atoms with Crippen molar-refractivity contribution in [1.82, 2.24) is 14.8 Å². The Bertz CT molecular complexity index is 620. The summed E-state index contributed by atoms with van der Waals surface area (Å²) in [5, 5.41) is 4.41. The van der Waals surface area contributed by atoms with Crippen LogP contribution >= 0.6 is 48.6 Å². The van der Waals surface area contributed by atoms with Crippen molar-refractivity contribution in [2.45, 2.75) is 45.9 Å². The zero-order valence-electron chi connectivity index (χ0n) is 15.0. The van der Waals surface area contributed by atoms with Crippen molar-refractivity contribution < 1.29 is 0 Å². The van der Waals surface area contributed by atoms with Crippen LogP contribution in [-0.4, -0.2) is 34.4 Å². The number of fused-ring (bicyclic) bond motifs is 1. The van der Waals surface area contributed by atoms with Gasteiger partial charge in [-0.05, 0) is 66.4 Å². The molecule has 2 aromatic rings. The number of hydrogen-bond donors (Lipinski definition) is 0. The van der Waals surface area contributed by atoms with Crippen LogP contribution in [0.1, 0.15) is 36.1 Å². The maximum absolute atomic E-state index is 4.49. The molecular formula is C18H28Cl3N3S. The standard InChI is InChI=1S/C18H25N3S.3ClH/c1-14(2)20(3)11-16-8-19-9-17-12-21(6-4-18(16)17)10-15-5-7-22-13-15;;;/h5,7-9,13-14H,4,6,10-12H2,1-3H3;3*1H. The van der Waals surface area contributed by atoms with Crippen molar-refractivity contribution in [2.24, 2.45) is 0 Å². The Morgan fingerprint density at radius 1 is 1.24 bits per heavy atom. The fraction of sp³-hybridized carbons (Fsp3) is 0.500. The molecule has 1 aliphatic rings. The highest BCUT2D eigenvalue weighted by Crippen LogP contribution is 2.24. The van der Waals surface area contributed by atoms with Crippen LogP contribution in [0.4, 0.5) is 0 Å². The first-order valence-electron chi connectivity index (χ1n) is 8.02. The number of aromatic nitrogens is 1. The molecule has 3 nitrogen and oxygen atoms in total. The summed E-state index contributed by atoms with van der Waals surface area (Å²) in [7, 11) is 2.19. The van der Waals surface area contributed by atoms with Gasteiger partial charge in [-0.2, -0.15) is 11.3 Å². The summed E-state index contributed by atoms with van der Waals surface area (Å²) in [6.45, 7) is 8.71. The van der Waals surface area contributed by atoms with Gasteiger partial charge in [-0.15, -0.1) is 37.2 Å². The van der Waals surface area contributed by atoms with Crippen LogP contribution < -0.4 is 0 Å². The number of nitrogens with zero attached hydrogens (tertiary/aromatic N) is 3. The highest BCUT2D eigenvalue weighted by atomic mass is 35.5. The first kappa shape index (κ1) is 24.6. The fourth-order valence-corrected chi connectivity index (χ4v) is 3.65. The summed E-state index contributed by atoms with van der Waals surface area (Å²) in [5.74, 6) is 0. The number of pyridine rings is 1. The summed E-state index contributed by atoms with van der Waals surface area (Å²) in [6.07, 6.45) is 5.27. The van der Waals surface area contributed by atoms with Crippen LogP contribution in [0.5, 0.6) is 0 Å². The van der Waals surface area contributed by atoms with Crippen LogP contribution in [0.25, 0.3) is 0 Å². The van der Waals surface area contributed by atoms with Crippen LogP contribution in [0.15, 0.2) is 29.2 Å². The maximum atomic E-state index is 4.49. The van der Waals surface area contributed by atoms with Gasteiger partial charge in [-0.1, -0.05) is 0 Å². The van der Waals surface area contributed by atoms with Gasteiger partial charge in [0.05, 0.1) is 0 Å². The molecule has 0 spiro atoms. The second-order valence-corrected chi connectivity index (χ2v) is 7.32. The van der Waals surface area contributed by atoms with Crippen LogP contribution in [-0.2, 0) is 26.1 Å². The number of thiophene rings is 1. The molecule has 0 N–H and O–H groups in total. The van der Waals surface area contributed by atoms with Crippen LogP contribution in [0.2, 0.25) is 0 Å². The monoisotopic (exact) mass is 423 g/mol. The molecule has 1 aliphatic heterocycles. The van der Waals surface area contributed by atoms with Crippen molar-refractivity contribution in [3.8, 4) is 0 Å². The van der Waals surface area contributed by atoms with Gasteiger partial charge in [0.25, 0.3) is 0 Å². The van der Waals surface area contributed by atoms with Crippen LogP contribution in [0.3, 0.4) is 0 Å². The van der Waals surface area contributed by atoms with E-state index >= 15 is 0 Å². The van der Waals surface area contributed by atoms with Gasteiger partial charge in [-0.3, -0.25) is 14.8 Å². The molecule has 0 fully saturated rings. The third-order valence-corrected chi connectivity index (χ3v) is 5.33. The van der Waals surface area contributed by atoms with Gasteiger partial charge >= 0.3 is 0 Å². The van der Waals surface area contributed by atoms with Gasteiger partial charge in [0.2, 0.25) is 0 Å². The average molecular weight is 425 g/mol. The molecule has 0 aliphatic carbocycles. The molecule has 2 aromatic heterocycles. The van der Waals surface area contributed by atoms with Crippen molar-refractivity contribution in [3.05, 3.63) is 51.5 Å². The van der Waals surface area contributed by atoms with E-state index in [0.717, 1.165) is 32.6 Å². The first-order chi connectivity index (χ1) is 10.6. The summed E-state index contributed by atoms with van der Waals surface area (Å²) in [4.78, 5) is 9.40. The highest BCUT2D eigenvalue weighted by molar-refractivity contribution is 7.07. The Hall–Kier alpha value is -0.360. The summed E-state index contributed by atoms with van der Waals surface area (Å²) in [5.41, 5.74) is 5.78. The molecule has 3 heterocycles. The van der Waals surface area contributed by atoms with E-state index in [1.165, 1.54) is 22.3 Å². The molecule has 142 valence electrons. The molecule has 0 aromatic carbocycles. The zero-order valence-corrected chi connectivity index (χ0v) is 18.2. The SMILES string of the molecule is CC(C)N(C)Cc1cncc2c1CCN(Cc1ccsc1)C2.Cl.Cl.Cl. The molecule has 0 saturated carbocycles. The maximum Gasteiger partial charge on any atom is 0.0315 e. The zero-order chi connectivity index (χ0) is 15.5. The third-order valence-electron chi connectivity index (χ3n) is 4.60. The highest BCUT2D eigenvalue weighted by Gasteiger charge is 2.20. The third kappa shape index (κ3) is 6.38. The lowest BCUT2D eigenvalue weighted by Crippen LogP contribution is -2.32. The lowest BCUT2D eigenvalue weighted by molar-refractivity contribution is 0.239. The number of hydrogen-bond acceptors (Lipinski definition) is 4. The van der Waals surface area contributed by atoms with E-state index < -0.39 is 0 Å². The van der Waals surface area contributed by atoms with E-state index in [1.807, 2.05) is 0 Å². The topological polar surface area (TPSA) is 19.4 Å². The number of halogens is 3. The first-order valence-corrected chi connectivity index (χ1v) is 8.96. The molecule has 0 radical (unpaired) electrons. The van der Waals surface area contributed by atoms with Crippen molar-refractivity contribution >= 4 is 48.6 Å². The molecule has 7 heteroatoms. The predicted molar refractivity (Wildman–Crippen MR) is 115 cm³/mol. The van der Waals surface area contributed by atoms with Gasteiger partial charge in [-0.25, -0.2) is 0 Å². The lowest BCUT2D eigenvalue weighted by Gasteiger charge is -2.31. The molecule has 0 atom stereocenters. The summed E-state index contributed by atoms with van der Waals surface area (Å²) < 4.78 is 0.